The molecule has 25 heavy (non-hydrogen) atoms. The van der Waals surface area contributed by atoms with E-state index in [4.69, 9.17) is 10.5 Å². The SMILES string of the molecule is CCc1nc(N)nc(N2CCN(S(=O)(=O)N3CCOCC3)CC2)c1C. The number of nitrogens with zero attached hydrogens (tertiary/aromatic N) is 5. The molecule has 0 bridgehead atoms. The summed E-state index contributed by atoms with van der Waals surface area (Å²) in [6.07, 6.45) is 0.789. The van der Waals surface area contributed by atoms with E-state index in [2.05, 4.69) is 14.9 Å². The molecule has 1 aromatic heterocycles. The molecule has 2 aliphatic heterocycles. The Balaban J connectivity index is 1.71. The Morgan fingerprint density at radius 2 is 1.64 bits per heavy atom. The van der Waals surface area contributed by atoms with Crippen molar-refractivity contribution in [2.45, 2.75) is 20.3 Å². The monoisotopic (exact) mass is 370 g/mol. The summed E-state index contributed by atoms with van der Waals surface area (Å²) in [5.41, 5.74) is 7.78. The molecule has 0 atom stereocenters. The van der Waals surface area contributed by atoms with Crippen LogP contribution in [0.2, 0.25) is 0 Å². The van der Waals surface area contributed by atoms with Crippen LogP contribution in [0.15, 0.2) is 0 Å². The predicted octanol–water partition coefficient (Wildman–Crippen LogP) is -0.371. The predicted molar refractivity (Wildman–Crippen MR) is 95.7 cm³/mol. The molecule has 1 aromatic rings. The van der Waals surface area contributed by atoms with E-state index in [0.29, 0.717) is 52.5 Å². The van der Waals surface area contributed by atoms with Gasteiger partial charge in [0, 0.05) is 44.8 Å². The Hall–Kier alpha value is -1.49. The highest BCUT2D eigenvalue weighted by Crippen LogP contribution is 2.24. The fourth-order valence-corrected chi connectivity index (χ4v) is 4.85. The zero-order valence-corrected chi connectivity index (χ0v) is 15.6. The van der Waals surface area contributed by atoms with Gasteiger partial charge in [0.05, 0.1) is 18.9 Å². The van der Waals surface area contributed by atoms with Gasteiger partial charge in [-0.2, -0.15) is 22.0 Å². The van der Waals surface area contributed by atoms with Gasteiger partial charge in [-0.25, -0.2) is 4.98 Å². The average Bonchev–Trinajstić information content (AvgIpc) is 2.64. The van der Waals surface area contributed by atoms with Crippen molar-refractivity contribution in [3.63, 3.8) is 0 Å². The molecule has 0 unspecified atom stereocenters. The van der Waals surface area contributed by atoms with Gasteiger partial charge in [0.2, 0.25) is 5.95 Å². The molecular weight excluding hydrogens is 344 g/mol. The molecule has 0 saturated carbocycles. The summed E-state index contributed by atoms with van der Waals surface area (Å²) in [5.74, 6) is 1.08. The van der Waals surface area contributed by atoms with Crippen LogP contribution in [0.3, 0.4) is 0 Å². The Morgan fingerprint density at radius 3 is 2.24 bits per heavy atom. The van der Waals surface area contributed by atoms with Crippen LogP contribution in [0.5, 0.6) is 0 Å². The molecule has 3 heterocycles. The number of morpholine rings is 1. The lowest BCUT2D eigenvalue weighted by Gasteiger charge is -2.38. The average molecular weight is 370 g/mol. The summed E-state index contributed by atoms with van der Waals surface area (Å²) >= 11 is 0. The van der Waals surface area contributed by atoms with E-state index < -0.39 is 10.2 Å². The van der Waals surface area contributed by atoms with Crippen LogP contribution >= 0.6 is 0 Å². The van der Waals surface area contributed by atoms with Crippen LogP contribution in [0.25, 0.3) is 0 Å². The fraction of sp³-hybridized carbons (Fsp3) is 0.733. The van der Waals surface area contributed by atoms with Gasteiger partial charge in [0.1, 0.15) is 5.82 Å². The van der Waals surface area contributed by atoms with Gasteiger partial charge in [-0.15, -0.1) is 0 Å². The summed E-state index contributed by atoms with van der Waals surface area (Å²) in [7, 11) is -3.42. The normalized spacial score (nSPS) is 20.8. The number of hydrogen-bond acceptors (Lipinski definition) is 7. The Morgan fingerprint density at radius 1 is 1.04 bits per heavy atom. The Kier molecular flexibility index (Phi) is 5.42. The summed E-state index contributed by atoms with van der Waals surface area (Å²) in [5, 5.41) is 0. The number of aryl methyl sites for hydroxylation is 1. The van der Waals surface area contributed by atoms with Gasteiger partial charge >= 0.3 is 0 Å². The van der Waals surface area contributed by atoms with Gasteiger partial charge < -0.3 is 15.4 Å². The third-order valence-electron chi connectivity index (χ3n) is 4.73. The molecule has 0 radical (unpaired) electrons. The summed E-state index contributed by atoms with van der Waals surface area (Å²) in [6.45, 7) is 7.82. The molecule has 10 heteroatoms. The van der Waals surface area contributed by atoms with E-state index in [9.17, 15) is 8.42 Å². The van der Waals surface area contributed by atoms with Crippen LogP contribution in [0.1, 0.15) is 18.2 Å². The Labute approximate surface area is 149 Å². The minimum absolute atomic E-state index is 0.265. The van der Waals surface area contributed by atoms with Crippen molar-refractivity contribution in [3.05, 3.63) is 11.3 Å². The summed E-state index contributed by atoms with van der Waals surface area (Å²) < 4.78 is 33.8. The van der Waals surface area contributed by atoms with Crippen molar-refractivity contribution in [3.8, 4) is 0 Å². The number of nitrogens with two attached hydrogens (primary N) is 1. The zero-order chi connectivity index (χ0) is 18.0. The summed E-state index contributed by atoms with van der Waals surface area (Å²) in [4.78, 5) is 10.8. The van der Waals surface area contributed by atoms with E-state index in [1.807, 2.05) is 13.8 Å². The van der Waals surface area contributed by atoms with Crippen molar-refractivity contribution < 1.29 is 13.2 Å². The van der Waals surface area contributed by atoms with Gasteiger partial charge in [0.15, 0.2) is 0 Å². The standard InChI is InChI=1S/C15H26N6O3S/c1-3-13-12(2)14(18-15(16)17-13)19-4-6-20(7-5-19)25(22,23)21-8-10-24-11-9-21/h3-11H2,1-2H3,(H2,16,17,18). The maximum atomic E-state index is 12.7. The minimum Gasteiger partial charge on any atom is -0.379 e. The lowest BCUT2D eigenvalue weighted by atomic mass is 10.1. The first kappa shape index (κ1) is 18.3. The third-order valence-corrected chi connectivity index (χ3v) is 6.77. The van der Waals surface area contributed by atoms with Gasteiger partial charge in [-0.3, -0.25) is 0 Å². The molecule has 3 rings (SSSR count). The highest BCUT2D eigenvalue weighted by Gasteiger charge is 2.33. The highest BCUT2D eigenvalue weighted by atomic mass is 32.2. The molecule has 0 spiro atoms. The maximum Gasteiger partial charge on any atom is 0.282 e. The van der Waals surface area contributed by atoms with E-state index in [1.165, 1.54) is 4.31 Å². The van der Waals surface area contributed by atoms with E-state index >= 15 is 0 Å². The smallest absolute Gasteiger partial charge is 0.282 e. The lowest BCUT2D eigenvalue weighted by Crippen LogP contribution is -2.55. The van der Waals surface area contributed by atoms with Gasteiger partial charge in [-0.1, -0.05) is 6.92 Å². The van der Waals surface area contributed by atoms with E-state index in [1.54, 1.807) is 4.31 Å². The second kappa shape index (κ2) is 7.40. The van der Waals surface area contributed by atoms with E-state index in [-0.39, 0.29) is 5.95 Å². The van der Waals surface area contributed by atoms with Crippen LogP contribution in [-0.4, -0.2) is 79.5 Å². The first-order chi connectivity index (χ1) is 11.9. The molecular formula is C15H26N6O3S. The number of hydrogen-bond donors (Lipinski definition) is 1. The molecule has 0 amide bonds. The van der Waals surface area contributed by atoms with E-state index in [0.717, 1.165) is 23.5 Å². The van der Waals surface area contributed by atoms with Crippen LogP contribution < -0.4 is 10.6 Å². The van der Waals surface area contributed by atoms with Crippen molar-refractivity contribution in [2.24, 2.45) is 0 Å². The number of anilines is 2. The number of rotatable bonds is 4. The third kappa shape index (κ3) is 3.71. The highest BCUT2D eigenvalue weighted by molar-refractivity contribution is 7.86. The van der Waals surface area contributed by atoms with Crippen molar-refractivity contribution >= 4 is 22.0 Å². The number of ether oxygens (including phenoxy) is 1. The van der Waals surface area contributed by atoms with Gasteiger partial charge in [-0.05, 0) is 13.3 Å². The Bertz CT molecular complexity index is 712. The first-order valence-electron chi connectivity index (χ1n) is 8.64. The minimum atomic E-state index is -3.42. The van der Waals surface area contributed by atoms with Crippen molar-refractivity contribution in [2.75, 3.05) is 63.1 Å². The molecule has 0 aromatic carbocycles. The maximum absolute atomic E-state index is 12.7. The molecule has 2 saturated heterocycles. The van der Waals surface area contributed by atoms with Crippen molar-refractivity contribution in [1.29, 1.82) is 0 Å². The molecule has 2 fully saturated rings. The zero-order valence-electron chi connectivity index (χ0n) is 14.8. The topological polar surface area (TPSA) is 105 Å². The number of nitrogen functional groups attached to an aromatic ring is 1. The van der Waals surface area contributed by atoms with Crippen LogP contribution in [0, 0.1) is 6.92 Å². The molecule has 2 aliphatic rings. The van der Waals surface area contributed by atoms with Crippen LogP contribution in [-0.2, 0) is 21.4 Å². The molecule has 9 nitrogen and oxygen atoms in total. The van der Waals surface area contributed by atoms with Gasteiger partial charge in [0.25, 0.3) is 10.2 Å². The first-order valence-corrected chi connectivity index (χ1v) is 10.0. The summed E-state index contributed by atoms with van der Waals surface area (Å²) in [6, 6.07) is 0. The fourth-order valence-electron chi connectivity index (χ4n) is 3.29. The largest absolute Gasteiger partial charge is 0.379 e. The van der Waals surface area contributed by atoms with Crippen LogP contribution in [0.4, 0.5) is 11.8 Å². The second-order valence-corrected chi connectivity index (χ2v) is 8.16. The quantitative estimate of drug-likeness (QED) is 0.771. The molecule has 0 aliphatic carbocycles. The molecule has 140 valence electrons. The number of piperazine rings is 1. The second-order valence-electron chi connectivity index (χ2n) is 6.24. The number of aromatic nitrogens is 2. The molecule has 2 N–H and O–H groups in total. The lowest BCUT2D eigenvalue weighted by molar-refractivity contribution is 0.0700. The van der Waals surface area contributed by atoms with Crippen molar-refractivity contribution in [1.82, 2.24) is 18.6 Å².